The van der Waals surface area contributed by atoms with Crippen molar-refractivity contribution in [3.63, 3.8) is 0 Å². The van der Waals surface area contributed by atoms with Gasteiger partial charge in [0.15, 0.2) is 0 Å². The highest BCUT2D eigenvalue weighted by atomic mass is 15.2. The fourth-order valence-electron chi connectivity index (χ4n) is 3.07. The van der Waals surface area contributed by atoms with Crippen LogP contribution in [0, 0.1) is 27.7 Å². The van der Waals surface area contributed by atoms with Crippen molar-refractivity contribution in [2.75, 3.05) is 0 Å². The molecule has 0 radical (unpaired) electrons. The van der Waals surface area contributed by atoms with Crippen LogP contribution in [0.2, 0.25) is 0 Å². The van der Waals surface area contributed by atoms with Crippen molar-refractivity contribution >= 4 is 21.8 Å². The molecule has 4 nitrogen and oxygen atoms in total. The first-order valence-corrected chi connectivity index (χ1v) is 10.2. The molecule has 4 heteroatoms. The molecule has 0 aliphatic heterocycles. The number of hydrogen-bond acceptors (Lipinski definition) is 2. The number of rotatable bonds is 0. The van der Waals surface area contributed by atoms with Crippen LogP contribution >= 0.6 is 0 Å². The quantitative estimate of drug-likeness (QED) is 0.352. The standard InChI is InChI=1S/2C10H12N2.2C2H6/c1-7-4-8(2)10-9(5-7)6-12(3)11-10;1-7-4-5-10-9(8(7)2)6-12(3)11-10;2*1-2/h2*4-6H,1-3H3;2*1-2H3. The number of nitrogens with zero attached hydrogens (tertiary/aromatic N) is 4. The molecular weight excluding hydrogens is 344 g/mol. The first-order chi connectivity index (χ1) is 13.3. The van der Waals surface area contributed by atoms with Crippen LogP contribution in [-0.2, 0) is 14.1 Å². The van der Waals surface area contributed by atoms with Gasteiger partial charge in [0.2, 0.25) is 0 Å². The van der Waals surface area contributed by atoms with Crippen molar-refractivity contribution in [2.45, 2.75) is 55.4 Å². The molecule has 152 valence electrons. The lowest BCUT2D eigenvalue weighted by Crippen LogP contribution is -1.86. The van der Waals surface area contributed by atoms with Crippen molar-refractivity contribution in [2.24, 2.45) is 14.1 Å². The predicted octanol–water partition coefficient (Wildman–Crippen LogP) is 6.43. The van der Waals surface area contributed by atoms with Gasteiger partial charge in [-0.2, -0.15) is 10.2 Å². The summed E-state index contributed by atoms with van der Waals surface area (Å²) >= 11 is 0. The van der Waals surface area contributed by atoms with Gasteiger partial charge in [0.05, 0.1) is 11.0 Å². The Morgan fingerprint density at radius 3 is 1.96 bits per heavy atom. The summed E-state index contributed by atoms with van der Waals surface area (Å²) in [5.74, 6) is 0. The predicted molar refractivity (Wildman–Crippen MR) is 123 cm³/mol. The molecule has 0 aliphatic carbocycles. The minimum atomic E-state index is 1.08. The van der Waals surface area contributed by atoms with Gasteiger partial charge in [-0.05, 0) is 56.5 Å². The minimum Gasteiger partial charge on any atom is -0.275 e. The van der Waals surface area contributed by atoms with Gasteiger partial charge in [-0.15, -0.1) is 0 Å². The van der Waals surface area contributed by atoms with Gasteiger partial charge < -0.3 is 0 Å². The fraction of sp³-hybridized carbons (Fsp3) is 0.417. The van der Waals surface area contributed by atoms with Crippen LogP contribution in [0.3, 0.4) is 0 Å². The monoisotopic (exact) mass is 380 g/mol. The molecule has 4 aromatic rings. The maximum Gasteiger partial charge on any atom is 0.0952 e. The molecule has 28 heavy (non-hydrogen) atoms. The zero-order chi connectivity index (χ0) is 21.4. The molecule has 0 spiro atoms. The van der Waals surface area contributed by atoms with E-state index in [1.165, 1.54) is 33.0 Å². The van der Waals surface area contributed by atoms with E-state index in [4.69, 9.17) is 0 Å². The zero-order valence-corrected chi connectivity index (χ0v) is 19.3. The van der Waals surface area contributed by atoms with Gasteiger partial charge in [0.25, 0.3) is 0 Å². The van der Waals surface area contributed by atoms with Crippen LogP contribution in [0.1, 0.15) is 49.9 Å². The molecule has 0 fully saturated rings. The van der Waals surface area contributed by atoms with E-state index in [-0.39, 0.29) is 0 Å². The smallest absolute Gasteiger partial charge is 0.0952 e. The van der Waals surface area contributed by atoms with Crippen molar-refractivity contribution in [3.8, 4) is 0 Å². The summed E-state index contributed by atoms with van der Waals surface area (Å²) in [5.41, 5.74) is 7.42. The Morgan fingerprint density at radius 1 is 0.714 bits per heavy atom. The molecule has 0 unspecified atom stereocenters. The van der Waals surface area contributed by atoms with Gasteiger partial charge in [-0.25, -0.2) is 0 Å². The molecule has 0 atom stereocenters. The van der Waals surface area contributed by atoms with E-state index >= 15 is 0 Å². The van der Waals surface area contributed by atoms with Crippen LogP contribution in [-0.4, -0.2) is 19.6 Å². The molecule has 0 N–H and O–H groups in total. The summed E-state index contributed by atoms with van der Waals surface area (Å²) in [4.78, 5) is 0. The van der Waals surface area contributed by atoms with E-state index in [2.05, 4.69) is 74.6 Å². The molecular formula is C24H36N4. The molecule has 0 saturated heterocycles. The second-order valence-corrected chi connectivity index (χ2v) is 6.57. The highest BCUT2D eigenvalue weighted by Crippen LogP contribution is 2.19. The third kappa shape index (κ3) is 5.44. The third-order valence-electron chi connectivity index (χ3n) is 4.40. The third-order valence-corrected chi connectivity index (χ3v) is 4.40. The lowest BCUT2D eigenvalue weighted by atomic mass is 10.1. The second kappa shape index (κ2) is 10.6. The summed E-state index contributed by atoms with van der Waals surface area (Å²) in [6.45, 7) is 16.5. The largest absolute Gasteiger partial charge is 0.275 e. The normalized spacial score (nSPS) is 9.79. The van der Waals surface area contributed by atoms with E-state index in [9.17, 15) is 0 Å². The highest BCUT2D eigenvalue weighted by molar-refractivity contribution is 5.83. The van der Waals surface area contributed by atoms with E-state index in [1.807, 2.05) is 51.2 Å². The van der Waals surface area contributed by atoms with E-state index < -0.39 is 0 Å². The number of aromatic nitrogens is 4. The first-order valence-electron chi connectivity index (χ1n) is 10.2. The number of aryl methyl sites for hydroxylation is 6. The number of benzene rings is 2. The Balaban J connectivity index is 0.000000238. The average Bonchev–Trinajstić information content (AvgIpc) is 3.24. The van der Waals surface area contributed by atoms with Gasteiger partial charge in [0.1, 0.15) is 0 Å². The van der Waals surface area contributed by atoms with Crippen molar-refractivity contribution in [1.29, 1.82) is 0 Å². The summed E-state index contributed by atoms with van der Waals surface area (Å²) < 4.78 is 3.72. The van der Waals surface area contributed by atoms with E-state index in [0.29, 0.717) is 0 Å². The molecule has 0 aliphatic rings. The lowest BCUT2D eigenvalue weighted by Gasteiger charge is -1.98. The van der Waals surface area contributed by atoms with Crippen LogP contribution in [0.15, 0.2) is 36.7 Å². The van der Waals surface area contributed by atoms with Crippen LogP contribution in [0.25, 0.3) is 21.8 Å². The maximum atomic E-state index is 4.37. The summed E-state index contributed by atoms with van der Waals surface area (Å²) in [6, 6.07) is 8.51. The van der Waals surface area contributed by atoms with Gasteiger partial charge >= 0.3 is 0 Å². The van der Waals surface area contributed by atoms with Crippen LogP contribution in [0.5, 0.6) is 0 Å². The Hall–Kier alpha value is -2.62. The Bertz CT molecular complexity index is 1020. The zero-order valence-electron chi connectivity index (χ0n) is 19.3. The van der Waals surface area contributed by atoms with Crippen molar-refractivity contribution in [1.82, 2.24) is 19.6 Å². The average molecular weight is 381 g/mol. The molecule has 2 heterocycles. The second-order valence-electron chi connectivity index (χ2n) is 6.57. The summed E-state index contributed by atoms with van der Waals surface area (Å²) in [7, 11) is 3.91. The van der Waals surface area contributed by atoms with E-state index in [1.54, 1.807) is 0 Å². The molecule has 4 rings (SSSR count). The van der Waals surface area contributed by atoms with Gasteiger partial charge in [0, 0.05) is 37.3 Å². The summed E-state index contributed by atoms with van der Waals surface area (Å²) in [6.07, 6.45) is 4.12. The molecule has 0 amide bonds. The van der Waals surface area contributed by atoms with Crippen LogP contribution in [0.4, 0.5) is 0 Å². The first kappa shape index (κ1) is 23.4. The SMILES string of the molecule is CC.CC.Cc1cc(C)c2nn(C)cc2c1.Cc1ccc2nn(C)cc2c1C. The number of hydrogen-bond donors (Lipinski definition) is 0. The van der Waals surface area contributed by atoms with Crippen molar-refractivity contribution < 1.29 is 0 Å². The molecule has 0 bridgehead atoms. The Labute approximate surface area is 170 Å². The van der Waals surface area contributed by atoms with Crippen molar-refractivity contribution in [3.05, 3.63) is 58.9 Å². The number of fused-ring (bicyclic) bond motifs is 2. The maximum absolute atomic E-state index is 4.37. The topological polar surface area (TPSA) is 35.6 Å². The molecule has 2 aromatic carbocycles. The highest BCUT2D eigenvalue weighted by Gasteiger charge is 2.03. The van der Waals surface area contributed by atoms with E-state index in [0.717, 1.165) is 11.0 Å². The minimum absolute atomic E-state index is 1.08. The lowest BCUT2D eigenvalue weighted by molar-refractivity contribution is 0.779. The molecule has 2 aromatic heterocycles. The fourth-order valence-corrected chi connectivity index (χ4v) is 3.07. The summed E-state index contributed by atoms with van der Waals surface area (Å²) in [5, 5.41) is 11.2. The van der Waals surface area contributed by atoms with Crippen LogP contribution < -0.4 is 0 Å². The van der Waals surface area contributed by atoms with Gasteiger partial charge in [-0.3, -0.25) is 9.36 Å². The van der Waals surface area contributed by atoms with Gasteiger partial charge in [-0.1, -0.05) is 45.4 Å². The Morgan fingerprint density at radius 2 is 1.32 bits per heavy atom. The Kier molecular flexibility index (Phi) is 8.90. The molecule has 0 saturated carbocycles.